The van der Waals surface area contributed by atoms with Crippen LogP contribution in [0.5, 0.6) is 0 Å². The van der Waals surface area contributed by atoms with Crippen LogP contribution >= 0.6 is 15.9 Å². The first kappa shape index (κ1) is 11.4. The van der Waals surface area contributed by atoms with Crippen LogP contribution in [0.1, 0.15) is 24.5 Å². The van der Waals surface area contributed by atoms with E-state index in [1.807, 2.05) is 13.0 Å². The van der Waals surface area contributed by atoms with Gasteiger partial charge in [-0.3, -0.25) is 0 Å². The molecule has 2 heteroatoms. The summed E-state index contributed by atoms with van der Waals surface area (Å²) in [5.74, 6) is -0.167. The molecule has 0 bridgehead atoms. The maximum absolute atomic E-state index is 12.8. The molecule has 14 heavy (non-hydrogen) atoms. The molecule has 0 fully saturated rings. The van der Waals surface area contributed by atoms with Crippen molar-refractivity contribution in [3.8, 4) is 0 Å². The van der Waals surface area contributed by atoms with E-state index in [0.29, 0.717) is 0 Å². The fraction of sp³-hybridized carbons (Fsp3) is 0.333. The van der Waals surface area contributed by atoms with Gasteiger partial charge in [0.05, 0.1) is 0 Å². The zero-order valence-corrected chi connectivity index (χ0v) is 10.1. The van der Waals surface area contributed by atoms with Crippen LogP contribution in [0.25, 0.3) is 5.57 Å². The molecule has 0 N–H and O–H groups in total. The molecule has 0 spiro atoms. The summed E-state index contributed by atoms with van der Waals surface area (Å²) in [5.41, 5.74) is 3.34. The predicted molar refractivity (Wildman–Crippen MR) is 63.2 cm³/mol. The normalized spacial score (nSPS) is 11.9. The molecule has 0 aliphatic heterocycles. The average Bonchev–Trinajstić information content (AvgIpc) is 2.14. The van der Waals surface area contributed by atoms with E-state index in [4.69, 9.17) is 0 Å². The quantitative estimate of drug-likeness (QED) is 0.707. The third-order valence-electron chi connectivity index (χ3n) is 2.17. The predicted octanol–water partition coefficient (Wildman–Crippen LogP) is 4.32. The molecule has 76 valence electrons. The van der Waals surface area contributed by atoms with Crippen molar-refractivity contribution in [2.75, 3.05) is 5.33 Å². The molecule has 1 aromatic rings. The zero-order valence-electron chi connectivity index (χ0n) is 8.48. The van der Waals surface area contributed by atoms with E-state index in [9.17, 15) is 4.39 Å². The van der Waals surface area contributed by atoms with E-state index in [1.54, 1.807) is 6.07 Å². The molecular formula is C12H14BrF. The first-order valence-corrected chi connectivity index (χ1v) is 5.76. The Labute approximate surface area is 93.0 Å². The van der Waals surface area contributed by atoms with Gasteiger partial charge in [0.15, 0.2) is 0 Å². The fourth-order valence-corrected chi connectivity index (χ4v) is 1.68. The van der Waals surface area contributed by atoms with Crippen molar-refractivity contribution in [1.29, 1.82) is 0 Å². The molecular weight excluding hydrogens is 243 g/mol. The highest BCUT2D eigenvalue weighted by Gasteiger charge is 2.01. The van der Waals surface area contributed by atoms with Crippen LogP contribution in [0.4, 0.5) is 4.39 Å². The molecule has 0 saturated heterocycles. The summed E-state index contributed by atoms with van der Waals surface area (Å²) in [7, 11) is 0. The van der Waals surface area contributed by atoms with Crippen LogP contribution in [-0.4, -0.2) is 5.33 Å². The van der Waals surface area contributed by atoms with Crippen molar-refractivity contribution in [1.82, 2.24) is 0 Å². The van der Waals surface area contributed by atoms with Gasteiger partial charge in [-0.25, -0.2) is 4.39 Å². The maximum atomic E-state index is 12.8. The minimum absolute atomic E-state index is 0.167. The van der Waals surface area contributed by atoms with E-state index in [-0.39, 0.29) is 5.82 Å². The molecule has 0 amide bonds. The fourth-order valence-electron chi connectivity index (χ4n) is 1.45. The average molecular weight is 257 g/mol. The van der Waals surface area contributed by atoms with Gasteiger partial charge in [-0.1, -0.05) is 28.1 Å². The molecule has 0 radical (unpaired) electrons. The number of benzene rings is 1. The van der Waals surface area contributed by atoms with E-state index < -0.39 is 0 Å². The van der Waals surface area contributed by atoms with Gasteiger partial charge in [-0.2, -0.15) is 0 Å². The minimum Gasteiger partial charge on any atom is -0.207 e. The van der Waals surface area contributed by atoms with Gasteiger partial charge in [-0.05, 0) is 49.1 Å². The van der Waals surface area contributed by atoms with Crippen molar-refractivity contribution in [2.45, 2.75) is 20.3 Å². The topological polar surface area (TPSA) is 0 Å². The summed E-state index contributed by atoms with van der Waals surface area (Å²) in [4.78, 5) is 0. The highest BCUT2D eigenvalue weighted by molar-refractivity contribution is 9.09. The molecule has 0 saturated carbocycles. The second kappa shape index (κ2) is 5.30. The Kier molecular flexibility index (Phi) is 4.33. The van der Waals surface area contributed by atoms with Crippen LogP contribution in [0.3, 0.4) is 0 Å². The number of hydrogen-bond acceptors (Lipinski definition) is 0. The van der Waals surface area contributed by atoms with Crippen LogP contribution in [0.2, 0.25) is 0 Å². The molecule has 0 unspecified atom stereocenters. The minimum atomic E-state index is -0.167. The van der Waals surface area contributed by atoms with Crippen molar-refractivity contribution < 1.29 is 4.39 Å². The maximum Gasteiger partial charge on any atom is 0.123 e. The lowest BCUT2D eigenvalue weighted by Gasteiger charge is -2.05. The van der Waals surface area contributed by atoms with Crippen LogP contribution in [0.15, 0.2) is 24.3 Å². The number of rotatable bonds is 3. The third-order valence-corrected chi connectivity index (χ3v) is 2.63. The molecule has 0 aromatic heterocycles. The van der Waals surface area contributed by atoms with Gasteiger partial charge >= 0.3 is 0 Å². The van der Waals surface area contributed by atoms with E-state index in [1.165, 1.54) is 11.6 Å². The van der Waals surface area contributed by atoms with Gasteiger partial charge in [0.1, 0.15) is 5.82 Å². The third kappa shape index (κ3) is 2.95. The van der Waals surface area contributed by atoms with E-state index in [0.717, 1.165) is 22.9 Å². The Morgan fingerprint density at radius 1 is 1.50 bits per heavy atom. The lowest BCUT2D eigenvalue weighted by atomic mass is 10.0. The number of alkyl halides is 1. The lowest BCUT2D eigenvalue weighted by molar-refractivity contribution is 0.626. The second-order valence-electron chi connectivity index (χ2n) is 3.32. The summed E-state index contributed by atoms with van der Waals surface area (Å²) in [6.45, 7) is 3.99. The van der Waals surface area contributed by atoms with Gasteiger partial charge < -0.3 is 0 Å². The number of allylic oxidation sites excluding steroid dienone is 2. The molecule has 0 aliphatic carbocycles. The van der Waals surface area contributed by atoms with Crippen LogP contribution in [0, 0.1) is 12.7 Å². The second-order valence-corrected chi connectivity index (χ2v) is 4.12. The number of halogens is 2. The van der Waals surface area contributed by atoms with Crippen LogP contribution < -0.4 is 0 Å². The SMILES string of the molecule is CC(=CCCBr)c1ccc(F)cc1C. The zero-order chi connectivity index (χ0) is 10.6. The van der Waals surface area contributed by atoms with Crippen LogP contribution in [-0.2, 0) is 0 Å². The number of aryl methyl sites for hydroxylation is 1. The molecule has 0 heterocycles. The van der Waals surface area contributed by atoms with Crippen molar-refractivity contribution in [3.63, 3.8) is 0 Å². The standard InChI is InChI=1S/C12H14BrF/c1-9(4-3-7-13)12-6-5-11(14)8-10(12)2/h4-6,8H,3,7H2,1-2H3. The van der Waals surface area contributed by atoms with Crippen molar-refractivity contribution in [2.24, 2.45) is 0 Å². The monoisotopic (exact) mass is 256 g/mol. The van der Waals surface area contributed by atoms with Gasteiger partial charge in [0, 0.05) is 5.33 Å². The molecule has 0 aliphatic rings. The Hall–Kier alpha value is -0.630. The molecule has 0 nitrogen and oxygen atoms in total. The first-order valence-electron chi connectivity index (χ1n) is 4.64. The lowest BCUT2D eigenvalue weighted by Crippen LogP contribution is -1.87. The first-order chi connectivity index (χ1) is 6.65. The highest BCUT2D eigenvalue weighted by atomic mass is 79.9. The summed E-state index contributed by atoms with van der Waals surface area (Å²) < 4.78 is 12.8. The summed E-state index contributed by atoms with van der Waals surface area (Å²) >= 11 is 3.38. The highest BCUT2D eigenvalue weighted by Crippen LogP contribution is 2.19. The summed E-state index contributed by atoms with van der Waals surface area (Å²) in [6.07, 6.45) is 3.16. The smallest absolute Gasteiger partial charge is 0.123 e. The Morgan fingerprint density at radius 2 is 2.21 bits per heavy atom. The van der Waals surface area contributed by atoms with Gasteiger partial charge in [0.2, 0.25) is 0 Å². The van der Waals surface area contributed by atoms with Gasteiger partial charge in [0.25, 0.3) is 0 Å². The Morgan fingerprint density at radius 3 is 2.79 bits per heavy atom. The summed E-state index contributed by atoms with van der Waals surface area (Å²) in [5, 5.41) is 0.963. The van der Waals surface area contributed by atoms with E-state index in [2.05, 4.69) is 28.9 Å². The molecule has 0 atom stereocenters. The van der Waals surface area contributed by atoms with Crippen molar-refractivity contribution >= 4 is 21.5 Å². The van der Waals surface area contributed by atoms with Crippen molar-refractivity contribution in [3.05, 3.63) is 41.2 Å². The Bertz CT molecular complexity index is 342. The summed E-state index contributed by atoms with van der Waals surface area (Å²) in [6, 6.07) is 4.92. The molecule has 1 rings (SSSR count). The van der Waals surface area contributed by atoms with E-state index >= 15 is 0 Å². The molecule has 1 aromatic carbocycles. The number of hydrogen-bond donors (Lipinski definition) is 0. The van der Waals surface area contributed by atoms with Gasteiger partial charge in [-0.15, -0.1) is 0 Å². The Balaban J connectivity index is 2.95. The largest absolute Gasteiger partial charge is 0.207 e.